The second kappa shape index (κ2) is 11.9. The largest absolute Gasteiger partial charge is 0.748 e. The van der Waals surface area contributed by atoms with Crippen molar-refractivity contribution in [2.24, 2.45) is 0 Å². The van der Waals surface area contributed by atoms with Crippen molar-refractivity contribution < 1.29 is 32.5 Å². The number of hydrogen-bond acceptors (Lipinski definition) is 7. The molecule has 194 valence electrons. The van der Waals surface area contributed by atoms with E-state index >= 15 is 0 Å². The number of aromatic hydroxyl groups is 1. The van der Waals surface area contributed by atoms with Crippen molar-refractivity contribution in [2.75, 3.05) is 32.4 Å². The number of nitrogens with zero attached hydrogens (tertiary/aromatic N) is 2. The van der Waals surface area contributed by atoms with Crippen LogP contribution in [0.3, 0.4) is 0 Å². The van der Waals surface area contributed by atoms with Crippen LogP contribution in [-0.4, -0.2) is 71.7 Å². The number of carbonyl (C=O) groups excluding carboxylic acids is 1. The van der Waals surface area contributed by atoms with Crippen LogP contribution in [0, 0.1) is 0 Å². The topological polar surface area (TPSA) is 133 Å². The molecule has 10 nitrogen and oxygen atoms in total. The van der Waals surface area contributed by atoms with Gasteiger partial charge in [0.2, 0.25) is 0 Å². The van der Waals surface area contributed by atoms with E-state index in [0.29, 0.717) is 43.0 Å². The monoisotopic (exact) mass is 529 g/mol. The van der Waals surface area contributed by atoms with Crippen LogP contribution in [0.4, 0.5) is 4.79 Å². The third-order valence-electron chi connectivity index (χ3n) is 5.05. The first-order chi connectivity index (χ1) is 16.1. The van der Waals surface area contributed by atoms with Gasteiger partial charge in [0.25, 0.3) is 5.56 Å². The molecule has 3 rings (SSSR count). The van der Waals surface area contributed by atoms with E-state index in [0.717, 1.165) is 18.7 Å². The van der Waals surface area contributed by atoms with Gasteiger partial charge in [-0.15, -0.1) is 0 Å². The lowest BCUT2D eigenvalue weighted by molar-refractivity contribution is -0.917. The zero-order chi connectivity index (χ0) is 26.4. The van der Waals surface area contributed by atoms with E-state index in [4.69, 9.17) is 29.3 Å². The van der Waals surface area contributed by atoms with Crippen molar-refractivity contribution in [3.05, 3.63) is 63.0 Å². The Kier molecular flexibility index (Phi) is 9.73. The number of halogens is 1. The number of quaternary nitrogens is 1. The molecule has 0 aliphatic carbocycles. The highest BCUT2D eigenvalue weighted by Gasteiger charge is 2.28. The summed E-state index contributed by atoms with van der Waals surface area (Å²) in [5.41, 5.74) is 0.628. The number of aromatic nitrogens is 1. The third kappa shape index (κ3) is 10.3. The van der Waals surface area contributed by atoms with Gasteiger partial charge in [-0.05, 0) is 44.5 Å². The molecule has 0 spiro atoms. The lowest BCUT2D eigenvalue weighted by Crippen LogP contribution is -3.13. The minimum atomic E-state index is -3.92. The molecule has 0 saturated carbocycles. The Balaban J connectivity index is 0.000000784. The van der Waals surface area contributed by atoms with Crippen LogP contribution in [0.2, 0.25) is 5.02 Å². The summed E-state index contributed by atoms with van der Waals surface area (Å²) in [5.74, 6) is -0.214. The molecule has 0 atom stereocenters. The number of benzene rings is 1. The first-order valence-corrected chi connectivity index (χ1v) is 13.2. The molecule has 1 amide bonds. The van der Waals surface area contributed by atoms with Crippen molar-refractivity contribution in [2.45, 2.75) is 39.5 Å². The van der Waals surface area contributed by atoms with Crippen LogP contribution in [-0.2, 0) is 27.9 Å². The summed E-state index contributed by atoms with van der Waals surface area (Å²) in [6.07, 6.45) is 2.02. The van der Waals surface area contributed by atoms with E-state index in [2.05, 4.69) is 0 Å². The van der Waals surface area contributed by atoms with E-state index in [1.54, 1.807) is 29.3 Å². The smallest absolute Gasteiger partial charge is 0.410 e. The lowest BCUT2D eigenvalue weighted by atomic mass is 10.2. The molecule has 1 fully saturated rings. The number of hydrogen-bond donors (Lipinski definition) is 2. The highest BCUT2D eigenvalue weighted by Crippen LogP contribution is 2.13. The Bertz CT molecular complexity index is 1160. The molecule has 0 unspecified atom stereocenters. The number of piperazine rings is 1. The SMILES string of the molecule is CC(C)(C)OC(=O)N1CC[NH+](Cc2ccn(Cc3ccc(Cl)cc3)c(=O)c2O)CC1.CS(=O)(=O)[O-]. The van der Waals surface area contributed by atoms with Gasteiger partial charge in [0.1, 0.15) is 12.1 Å². The molecule has 0 radical (unpaired) electrons. The minimum absolute atomic E-state index is 0.214. The average molecular weight is 530 g/mol. The summed E-state index contributed by atoms with van der Waals surface area (Å²) in [5, 5.41) is 11.1. The molecule has 35 heavy (non-hydrogen) atoms. The fourth-order valence-corrected chi connectivity index (χ4v) is 3.56. The molecular formula is C23H32ClN3O7S. The highest BCUT2D eigenvalue weighted by atomic mass is 35.5. The molecule has 2 aromatic rings. The lowest BCUT2D eigenvalue weighted by Gasteiger charge is -2.33. The molecular weight excluding hydrogens is 498 g/mol. The van der Waals surface area contributed by atoms with Crippen LogP contribution < -0.4 is 10.5 Å². The third-order valence-corrected chi connectivity index (χ3v) is 5.30. The van der Waals surface area contributed by atoms with Gasteiger partial charge >= 0.3 is 6.09 Å². The van der Waals surface area contributed by atoms with Gasteiger partial charge < -0.3 is 23.9 Å². The van der Waals surface area contributed by atoms with Crippen molar-refractivity contribution >= 4 is 27.8 Å². The maximum atomic E-state index is 12.6. The number of carbonyl (C=O) groups is 1. The molecule has 0 bridgehead atoms. The Morgan fingerprint density at radius 3 is 2.23 bits per heavy atom. The normalized spacial score (nSPS) is 14.7. The van der Waals surface area contributed by atoms with Gasteiger partial charge in [-0.3, -0.25) is 9.69 Å². The first kappa shape index (κ1) is 28.6. The van der Waals surface area contributed by atoms with E-state index in [1.165, 1.54) is 9.47 Å². The van der Waals surface area contributed by atoms with Gasteiger partial charge in [-0.1, -0.05) is 23.7 Å². The van der Waals surface area contributed by atoms with Crippen molar-refractivity contribution in [3.8, 4) is 5.75 Å². The number of ether oxygens (including phenoxy) is 1. The molecule has 1 aromatic heterocycles. The summed E-state index contributed by atoms with van der Waals surface area (Å²) < 4.78 is 34.1. The summed E-state index contributed by atoms with van der Waals surface area (Å²) in [7, 11) is -3.92. The van der Waals surface area contributed by atoms with Gasteiger partial charge in [0.05, 0.1) is 48.4 Å². The number of amides is 1. The molecule has 2 N–H and O–H groups in total. The second-order valence-corrected chi connectivity index (χ2v) is 11.2. The predicted octanol–water partition coefficient (Wildman–Crippen LogP) is 1.05. The highest BCUT2D eigenvalue weighted by molar-refractivity contribution is 7.84. The Morgan fingerprint density at radius 2 is 1.71 bits per heavy atom. The molecule has 12 heteroatoms. The maximum Gasteiger partial charge on any atom is 0.410 e. The zero-order valence-electron chi connectivity index (χ0n) is 20.3. The summed E-state index contributed by atoms with van der Waals surface area (Å²) in [6, 6.07) is 9.05. The van der Waals surface area contributed by atoms with Crippen molar-refractivity contribution in [3.63, 3.8) is 0 Å². The van der Waals surface area contributed by atoms with Gasteiger partial charge in [0, 0.05) is 17.5 Å². The first-order valence-electron chi connectivity index (χ1n) is 11.0. The molecule has 2 heterocycles. The van der Waals surface area contributed by atoms with Crippen LogP contribution in [0.15, 0.2) is 41.3 Å². The second-order valence-electron chi connectivity index (χ2n) is 9.35. The number of nitrogens with one attached hydrogen (secondary N) is 1. The molecule has 1 aromatic carbocycles. The van der Waals surface area contributed by atoms with E-state index in [1.807, 2.05) is 32.9 Å². The quantitative estimate of drug-likeness (QED) is 0.565. The van der Waals surface area contributed by atoms with E-state index < -0.39 is 21.3 Å². The molecule has 1 saturated heterocycles. The zero-order valence-corrected chi connectivity index (χ0v) is 21.9. The van der Waals surface area contributed by atoms with Crippen molar-refractivity contribution in [1.29, 1.82) is 0 Å². The van der Waals surface area contributed by atoms with Crippen molar-refractivity contribution in [1.82, 2.24) is 9.47 Å². The van der Waals surface area contributed by atoms with E-state index in [9.17, 15) is 14.7 Å². The fourth-order valence-electron chi connectivity index (χ4n) is 3.43. The predicted molar refractivity (Wildman–Crippen MR) is 131 cm³/mol. The summed E-state index contributed by atoms with van der Waals surface area (Å²) >= 11 is 5.90. The van der Waals surface area contributed by atoms with E-state index in [-0.39, 0.29) is 11.8 Å². The van der Waals surface area contributed by atoms with Gasteiger partial charge in [0.15, 0.2) is 5.75 Å². The maximum absolute atomic E-state index is 12.6. The number of rotatable bonds is 4. The average Bonchev–Trinajstić information content (AvgIpc) is 2.73. The molecule has 1 aliphatic rings. The standard InChI is InChI=1S/C22H28ClN3O4.CH4O3S/c1-22(2,3)30-21(29)25-12-10-24(11-13-25)15-17-8-9-26(20(28)19(17)27)14-16-4-6-18(23)7-5-16;1-5(2,3)4/h4-9,27H,10-15H2,1-3H3;1H3,(H,2,3,4). The van der Waals surface area contributed by atoms with Crippen LogP contribution in [0.5, 0.6) is 5.75 Å². The summed E-state index contributed by atoms with van der Waals surface area (Å²) in [4.78, 5) is 27.7. The number of pyridine rings is 1. The Hall–Kier alpha value is -2.60. The van der Waals surface area contributed by atoms with Crippen LogP contribution in [0.1, 0.15) is 31.9 Å². The fraction of sp³-hybridized carbons (Fsp3) is 0.478. The van der Waals surface area contributed by atoms with Crippen LogP contribution >= 0.6 is 11.6 Å². The van der Waals surface area contributed by atoms with Gasteiger partial charge in [-0.2, -0.15) is 0 Å². The summed E-state index contributed by atoms with van der Waals surface area (Å²) in [6.45, 7) is 9.07. The Morgan fingerprint density at radius 1 is 1.17 bits per heavy atom. The van der Waals surface area contributed by atoms with Gasteiger partial charge in [-0.25, -0.2) is 13.2 Å². The minimum Gasteiger partial charge on any atom is -0.748 e. The molecule has 1 aliphatic heterocycles. The Labute approximate surface area is 210 Å². The van der Waals surface area contributed by atoms with Crippen LogP contribution in [0.25, 0.3) is 0 Å².